The van der Waals surface area contributed by atoms with Gasteiger partial charge in [-0.1, -0.05) is 12.1 Å². The Morgan fingerprint density at radius 2 is 1.65 bits per heavy atom. The molecular weight excluding hydrogens is 356 g/mol. The lowest BCUT2D eigenvalue weighted by Crippen LogP contribution is -2.61. The van der Waals surface area contributed by atoms with Crippen molar-refractivity contribution in [3.05, 3.63) is 29.8 Å². The quantitative estimate of drug-likeness (QED) is 0.759. The van der Waals surface area contributed by atoms with Crippen molar-refractivity contribution in [3.63, 3.8) is 0 Å². The average Bonchev–Trinajstić information content (AvgIpc) is 2.93. The maximum Gasteiger partial charge on any atom is 0.223 e. The molecule has 0 N–H and O–H groups in total. The Kier molecular flexibility index (Phi) is 5.22. The van der Waals surface area contributed by atoms with Crippen LogP contribution in [0.5, 0.6) is 5.75 Å². The molecule has 8 heteroatoms. The average molecular weight is 380 g/mol. The van der Waals surface area contributed by atoms with Gasteiger partial charge < -0.3 is 14.5 Å². The molecule has 0 aliphatic carbocycles. The Hall–Kier alpha value is -2.09. The topological polar surface area (TPSA) is 84.0 Å². The van der Waals surface area contributed by atoms with Gasteiger partial charge in [0, 0.05) is 26.4 Å². The van der Waals surface area contributed by atoms with Crippen molar-refractivity contribution in [1.29, 1.82) is 0 Å². The molecule has 2 unspecified atom stereocenters. The largest absolute Gasteiger partial charge is 0.497 e. The number of fused-ring (bicyclic) bond motifs is 1. The summed E-state index contributed by atoms with van der Waals surface area (Å²) in [6.07, 6.45) is 0.898. The zero-order valence-electron chi connectivity index (χ0n) is 15.1. The van der Waals surface area contributed by atoms with Gasteiger partial charge in [0.1, 0.15) is 5.75 Å². The van der Waals surface area contributed by atoms with E-state index < -0.39 is 21.9 Å². The minimum atomic E-state index is -3.24. The number of carbonyl (C=O) groups excluding carboxylic acids is 2. The van der Waals surface area contributed by atoms with Crippen molar-refractivity contribution in [2.75, 3.05) is 31.7 Å². The molecule has 2 aliphatic heterocycles. The molecule has 0 saturated carbocycles. The number of amides is 2. The first kappa shape index (κ1) is 18.7. The number of hydrogen-bond donors (Lipinski definition) is 0. The Morgan fingerprint density at radius 1 is 1.08 bits per heavy atom. The number of aryl methyl sites for hydroxylation is 1. The van der Waals surface area contributed by atoms with Gasteiger partial charge in [0.25, 0.3) is 0 Å². The summed E-state index contributed by atoms with van der Waals surface area (Å²) in [6, 6.07) is 6.69. The summed E-state index contributed by atoms with van der Waals surface area (Å²) in [5, 5.41) is 0. The van der Waals surface area contributed by atoms with Crippen LogP contribution in [-0.2, 0) is 25.8 Å². The van der Waals surface area contributed by atoms with Crippen LogP contribution in [0, 0.1) is 0 Å². The number of benzene rings is 1. The smallest absolute Gasteiger partial charge is 0.223 e. The molecule has 2 heterocycles. The summed E-state index contributed by atoms with van der Waals surface area (Å²) in [5.41, 5.74) is 1.03. The molecule has 0 radical (unpaired) electrons. The van der Waals surface area contributed by atoms with Crippen molar-refractivity contribution in [2.24, 2.45) is 0 Å². The lowest BCUT2D eigenvalue weighted by atomic mass is 10.0. The second-order valence-electron chi connectivity index (χ2n) is 6.86. The molecule has 2 atom stereocenters. The second kappa shape index (κ2) is 7.26. The van der Waals surface area contributed by atoms with E-state index in [0.29, 0.717) is 25.9 Å². The first-order valence-electron chi connectivity index (χ1n) is 8.71. The van der Waals surface area contributed by atoms with Gasteiger partial charge in [-0.3, -0.25) is 9.59 Å². The molecule has 1 aromatic rings. The third-order valence-electron chi connectivity index (χ3n) is 5.19. The summed E-state index contributed by atoms with van der Waals surface area (Å²) < 4.78 is 29.3. The molecule has 0 aromatic heterocycles. The van der Waals surface area contributed by atoms with Crippen molar-refractivity contribution in [3.8, 4) is 5.75 Å². The Bertz CT molecular complexity index is 790. The molecule has 7 nitrogen and oxygen atoms in total. The normalized spacial score (nSPS) is 24.2. The standard InChI is InChI=1S/C18H24N2O5S/c1-13(21)19-9-10-20(17-12-26(23,24)11-16(17)19)18(22)8-5-14-3-6-15(25-2)7-4-14/h3-4,6-7,16-17H,5,8-12H2,1-2H3. The molecule has 2 saturated heterocycles. The maximum atomic E-state index is 12.7. The third kappa shape index (κ3) is 3.85. The molecule has 142 valence electrons. The van der Waals surface area contributed by atoms with Gasteiger partial charge in [-0.2, -0.15) is 0 Å². The Labute approximate surface area is 153 Å². The molecule has 0 spiro atoms. The fourth-order valence-electron chi connectivity index (χ4n) is 3.84. The summed E-state index contributed by atoms with van der Waals surface area (Å²) in [7, 11) is -1.64. The van der Waals surface area contributed by atoms with Crippen LogP contribution in [0.2, 0.25) is 0 Å². The second-order valence-corrected chi connectivity index (χ2v) is 9.01. The minimum Gasteiger partial charge on any atom is -0.497 e. The van der Waals surface area contributed by atoms with E-state index in [1.54, 1.807) is 16.9 Å². The van der Waals surface area contributed by atoms with Gasteiger partial charge in [-0.25, -0.2) is 8.42 Å². The van der Waals surface area contributed by atoms with E-state index in [4.69, 9.17) is 4.74 Å². The summed E-state index contributed by atoms with van der Waals surface area (Å²) >= 11 is 0. The van der Waals surface area contributed by atoms with Crippen LogP contribution < -0.4 is 4.74 Å². The zero-order chi connectivity index (χ0) is 18.9. The Morgan fingerprint density at radius 3 is 2.23 bits per heavy atom. The van der Waals surface area contributed by atoms with Gasteiger partial charge >= 0.3 is 0 Å². The first-order valence-corrected chi connectivity index (χ1v) is 10.5. The van der Waals surface area contributed by atoms with E-state index in [1.165, 1.54) is 6.92 Å². The minimum absolute atomic E-state index is 0.0560. The van der Waals surface area contributed by atoms with E-state index >= 15 is 0 Å². The summed E-state index contributed by atoms with van der Waals surface area (Å²) in [5.74, 6) is 0.452. The highest BCUT2D eigenvalue weighted by Crippen LogP contribution is 2.28. The number of methoxy groups -OCH3 is 1. The lowest BCUT2D eigenvalue weighted by Gasteiger charge is -2.43. The van der Waals surface area contributed by atoms with Crippen molar-refractivity contribution >= 4 is 21.7 Å². The summed E-state index contributed by atoms with van der Waals surface area (Å²) in [6.45, 7) is 2.22. The number of piperazine rings is 1. The fourth-order valence-corrected chi connectivity index (χ4v) is 5.82. The summed E-state index contributed by atoms with van der Waals surface area (Å²) in [4.78, 5) is 27.8. The SMILES string of the molecule is COc1ccc(CCC(=O)N2CCN(C(C)=O)C3CS(=O)(=O)CC32)cc1. The van der Waals surface area contributed by atoms with Crippen LogP contribution in [-0.4, -0.2) is 73.8 Å². The highest BCUT2D eigenvalue weighted by Gasteiger charge is 2.48. The number of nitrogens with zero attached hydrogens (tertiary/aromatic N) is 2. The van der Waals surface area contributed by atoms with Crippen LogP contribution in [0.25, 0.3) is 0 Å². The Balaban J connectivity index is 1.67. The van der Waals surface area contributed by atoms with E-state index in [9.17, 15) is 18.0 Å². The molecule has 3 rings (SSSR count). The van der Waals surface area contributed by atoms with E-state index in [2.05, 4.69) is 0 Å². The number of sulfone groups is 1. The van der Waals surface area contributed by atoms with Crippen molar-refractivity contribution in [1.82, 2.24) is 9.80 Å². The highest BCUT2D eigenvalue weighted by molar-refractivity contribution is 7.91. The van der Waals surface area contributed by atoms with Gasteiger partial charge in [-0.05, 0) is 24.1 Å². The molecular formula is C18H24N2O5S. The van der Waals surface area contributed by atoms with Crippen LogP contribution in [0.3, 0.4) is 0 Å². The third-order valence-corrected chi connectivity index (χ3v) is 6.89. The van der Waals surface area contributed by atoms with Crippen LogP contribution in [0.1, 0.15) is 18.9 Å². The molecule has 0 bridgehead atoms. The van der Waals surface area contributed by atoms with Gasteiger partial charge in [0.2, 0.25) is 11.8 Å². The predicted octanol–water partition coefficient (Wildman–Crippen LogP) is 0.484. The van der Waals surface area contributed by atoms with Crippen LogP contribution in [0.4, 0.5) is 0 Å². The van der Waals surface area contributed by atoms with E-state index in [1.807, 2.05) is 24.3 Å². The number of rotatable bonds is 4. The first-order chi connectivity index (χ1) is 12.3. The van der Waals surface area contributed by atoms with Gasteiger partial charge in [-0.15, -0.1) is 0 Å². The molecule has 2 amide bonds. The zero-order valence-corrected chi connectivity index (χ0v) is 15.9. The van der Waals surface area contributed by atoms with Gasteiger partial charge in [0.15, 0.2) is 9.84 Å². The fraction of sp³-hybridized carbons (Fsp3) is 0.556. The van der Waals surface area contributed by atoms with Crippen molar-refractivity contribution < 1.29 is 22.7 Å². The maximum absolute atomic E-state index is 12.7. The van der Waals surface area contributed by atoms with Crippen LogP contribution in [0.15, 0.2) is 24.3 Å². The molecule has 1 aromatic carbocycles. The molecule has 2 fully saturated rings. The van der Waals surface area contributed by atoms with E-state index in [-0.39, 0.29) is 23.3 Å². The van der Waals surface area contributed by atoms with Crippen molar-refractivity contribution in [2.45, 2.75) is 31.8 Å². The molecule has 26 heavy (non-hydrogen) atoms. The number of ether oxygens (including phenoxy) is 1. The van der Waals surface area contributed by atoms with Crippen LogP contribution >= 0.6 is 0 Å². The van der Waals surface area contributed by atoms with Gasteiger partial charge in [0.05, 0.1) is 30.7 Å². The monoisotopic (exact) mass is 380 g/mol. The lowest BCUT2D eigenvalue weighted by molar-refractivity contribution is -0.144. The number of carbonyl (C=O) groups is 2. The highest BCUT2D eigenvalue weighted by atomic mass is 32.2. The predicted molar refractivity (Wildman–Crippen MR) is 96.6 cm³/mol. The molecule has 2 aliphatic rings. The number of hydrogen-bond acceptors (Lipinski definition) is 5. The van der Waals surface area contributed by atoms with E-state index in [0.717, 1.165) is 11.3 Å².